The molecule has 0 spiro atoms. The molecule has 3 rings (SSSR count). The van der Waals surface area contributed by atoms with Gasteiger partial charge in [-0.25, -0.2) is 4.68 Å². The van der Waals surface area contributed by atoms with E-state index in [1.807, 2.05) is 12.3 Å². The maximum Gasteiger partial charge on any atom is 0.293 e. The van der Waals surface area contributed by atoms with Crippen LogP contribution < -0.4 is 5.32 Å². The SMILES string of the molecule is CN(CCn1cccn1)C(=O)c1nc2n(n1)CCCN2. The van der Waals surface area contributed by atoms with Gasteiger partial charge in [-0.1, -0.05) is 0 Å². The van der Waals surface area contributed by atoms with Gasteiger partial charge in [-0.05, 0) is 12.5 Å². The Bertz CT molecular complexity index is 565. The molecule has 3 heterocycles. The molecule has 106 valence electrons. The molecule has 0 radical (unpaired) electrons. The highest BCUT2D eigenvalue weighted by molar-refractivity contribution is 5.90. The summed E-state index contributed by atoms with van der Waals surface area (Å²) in [6, 6.07) is 1.86. The Hall–Kier alpha value is -2.38. The molecule has 8 nitrogen and oxygen atoms in total. The van der Waals surface area contributed by atoms with Crippen LogP contribution in [0.4, 0.5) is 5.95 Å². The third kappa shape index (κ3) is 2.49. The predicted octanol–water partition coefficient (Wildman–Crippen LogP) is 0.0624. The van der Waals surface area contributed by atoms with Crippen LogP contribution in [0.25, 0.3) is 0 Å². The summed E-state index contributed by atoms with van der Waals surface area (Å²) in [5.41, 5.74) is 0. The average molecular weight is 275 g/mol. The number of nitrogens with one attached hydrogen (secondary N) is 1. The lowest BCUT2D eigenvalue weighted by Gasteiger charge is -2.14. The third-order valence-corrected chi connectivity index (χ3v) is 3.26. The zero-order valence-corrected chi connectivity index (χ0v) is 11.4. The molecule has 2 aromatic heterocycles. The fourth-order valence-corrected chi connectivity index (χ4v) is 2.11. The molecule has 0 aromatic carbocycles. The number of fused-ring (bicyclic) bond motifs is 1. The van der Waals surface area contributed by atoms with E-state index in [4.69, 9.17) is 0 Å². The highest BCUT2D eigenvalue weighted by Crippen LogP contribution is 2.11. The predicted molar refractivity (Wildman–Crippen MR) is 72.3 cm³/mol. The Morgan fingerprint density at radius 3 is 3.20 bits per heavy atom. The topological polar surface area (TPSA) is 80.9 Å². The number of aromatic nitrogens is 5. The summed E-state index contributed by atoms with van der Waals surface area (Å²) in [5, 5.41) is 11.5. The molecule has 1 N–H and O–H groups in total. The van der Waals surface area contributed by atoms with E-state index in [2.05, 4.69) is 20.5 Å². The molecule has 0 atom stereocenters. The van der Waals surface area contributed by atoms with E-state index in [0.717, 1.165) is 19.5 Å². The van der Waals surface area contributed by atoms with Crippen molar-refractivity contribution in [3.8, 4) is 0 Å². The van der Waals surface area contributed by atoms with Crippen molar-refractivity contribution < 1.29 is 4.79 Å². The van der Waals surface area contributed by atoms with Crippen LogP contribution in [-0.4, -0.2) is 55.5 Å². The first-order valence-electron chi connectivity index (χ1n) is 6.65. The Kier molecular flexibility index (Phi) is 3.36. The molecule has 0 saturated carbocycles. The van der Waals surface area contributed by atoms with Gasteiger partial charge in [-0.2, -0.15) is 10.1 Å². The molecule has 20 heavy (non-hydrogen) atoms. The zero-order chi connectivity index (χ0) is 13.9. The molecule has 2 aromatic rings. The standard InChI is InChI=1S/C12H17N7O/c1-17(8-9-18-6-3-5-14-18)11(20)10-15-12-13-4-2-7-19(12)16-10/h3,5-6H,2,4,7-9H2,1H3,(H,13,15,16). The van der Waals surface area contributed by atoms with Gasteiger partial charge in [0.15, 0.2) is 0 Å². The van der Waals surface area contributed by atoms with E-state index in [-0.39, 0.29) is 11.7 Å². The number of hydrogen-bond donors (Lipinski definition) is 1. The van der Waals surface area contributed by atoms with Crippen molar-refractivity contribution in [2.24, 2.45) is 0 Å². The second-order valence-corrected chi connectivity index (χ2v) is 4.76. The van der Waals surface area contributed by atoms with Crippen molar-refractivity contribution in [1.29, 1.82) is 0 Å². The minimum absolute atomic E-state index is 0.166. The fourth-order valence-electron chi connectivity index (χ4n) is 2.11. The highest BCUT2D eigenvalue weighted by Gasteiger charge is 2.21. The lowest BCUT2D eigenvalue weighted by molar-refractivity contribution is 0.0776. The number of anilines is 1. The van der Waals surface area contributed by atoms with Crippen LogP contribution in [0.2, 0.25) is 0 Å². The van der Waals surface area contributed by atoms with Gasteiger partial charge in [0.2, 0.25) is 11.8 Å². The van der Waals surface area contributed by atoms with Gasteiger partial charge >= 0.3 is 0 Å². The molecule has 0 bridgehead atoms. The molecule has 0 unspecified atom stereocenters. The smallest absolute Gasteiger partial charge is 0.293 e. The minimum atomic E-state index is -0.166. The van der Waals surface area contributed by atoms with Crippen LogP contribution in [0.1, 0.15) is 17.0 Å². The Morgan fingerprint density at radius 2 is 2.45 bits per heavy atom. The zero-order valence-electron chi connectivity index (χ0n) is 11.4. The number of carbonyl (C=O) groups is 1. The van der Waals surface area contributed by atoms with Crippen LogP contribution in [0.5, 0.6) is 0 Å². The second kappa shape index (κ2) is 5.32. The molecule has 0 fully saturated rings. The van der Waals surface area contributed by atoms with Crippen LogP contribution in [0.3, 0.4) is 0 Å². The van der Waals surface area contributed by atoms with Crippen molar-refractivity contribution in [2.45, 2.75) is 19.5 Å². The van der Waals surface area contributed by atoms with E-state index in [0.29, 0.717) is 19.0 Å². The van der Waals surface area contributed by atoms with Crippen molar-refractivity contribution in [3.63, 3.8) is 0 Å². The van der Waals surface area contributed by atoms with Crippen molar-refractivity contribution in [1.82, 2.24) is 29.4 Å². The van der Waals surface area contributed by atoms with Crippen LogP contribution in [-0.2, 0) is 13.1 Å². The molecule has 1 aliphatic rings. The van der Waals surface area contributed by atoms with Crippen molar-refractivity contribution in [3.05, 3.63) is 24.3 Å². The van der Waals surface area contributed by atoms with Crippen molar-refractivity contribution in [2.75, 3.05) is 25.5 Å². The van der Waals surface area contributed by atoms with Crippen molar-refractivity contribution >= 4 is 11.9 Å². The first-order chi connectivity index (χ1) is 9.74. The Labute approximate surface area is 116 Å². The largest absolute Gasteiger partial charge is 0.354 e. The fraction of sp³-hybridized carbons (Fsp3) is 0.500. The van der Waals surface area contributed by atoms with E-state index in [1.165, 1.54) is 0 Å². The molecule has 1 aliphatic heterocycles. The first-order valence-corrected chi connectivity index (χ1v) is 6.65. The molecule has 0 saturated heterocycles. The number of rotatable bonds is 4. The average Bonchev–Trinajstić information content (AvgIpc) is 3.12. The number of nitrogens with zero attached hydrogens (tertiary/aromatic N) is 6. The minimum Gasteiger partial charge on any atom is -0.354 e. The lowest BCUT2D eigenvalue weighted by atomic mass is 10.4. The van der Waals surface area contributed by atoms with Gasteiger partial charge in [0.05, 0.1) is 6.54 Å². The normalized spacial score (nSPS) is 13.7. The quantitative estimate of drug-likeness (QED) is 0.853. The van der Waals surface area contributed by atoms with Gasteiger partial charge in [0, 0.05) is 39.1 Å². The van der Waals surface area contributed by atoms with Crippen LogP contribution >= 0.6 is 0 Å². The van der Waals surface area contributed by atoms with E-state index in [1.54, 1.807) is 27.5 Å². The molecule has 1 amide bonds. The van der Waals surface area contributed by atoms with Gasteiger partial charge in [-0.3, -0.25) is 9.48 Å². The van der Waals surface area contributed by atoms with Gasteiger partial charge in [0.25, 0.3) is 5.91 Å². The maximum atomic E-state index is 12.3. The summed E-state index contributed by atoms with van der Waals surface area (Å²) in [7, 11) is 1.75. The monoisotopic (exact) mass is 275 g/mol. The van der Waals surface area contributed by atoms with E-state index in [9.17, 15) is 4.79 Å². The summed E-state index contributed by atoms with van der Waals surface area (Å²) in [6.45, 7) is 2.90. The highest BCUT2D eigenvalue weighted by atomic mass is 16.2. The molecule has 8 heteroatoms. The summed E-state index contributed by atoms with van der Waals surface area (Å²) >= 11 is 0. The number of hydrogen-bond acceptors (Lipinski definition) is 5. The Balaban J connectivity index is 1.64. The van der Waals surface area contributed by atoms with E-state index < -0.39 is 0 Å². The lowest BCUT2D eigenvalue weighted by Crippen LogP contribution is -2.31. The summed E-state index contributed by atoms with van der Waals surface area (Å²) in [6.07, 6.45) is 4.59. The second-order valence-electron chi connectivity index (χ2n) is 4.76. The summed E-state index contributed by atoms with van der Waals surface area (Å²) in [4.78, 5) is 18.1. The third-order valence-electron chi connectivity index (χ3n) is 3.26. The van der Waals surface area contributed by atoms with Gasteiger partial charge in [-0.15, -0.1) is 5.10 Å². The molecule has 0 aliphatic carbocycles. The summed E-state index contributed by atoms with van der Waals surface area (Å²) in [5.74, 6) is 0.762. The molecular formula is C12H17N7O. The Morgan fingerprint density at radius 1 is 1.55 bits per heavy atom. The van der Waals surface area contributed by atoms with Crippen LogP contribution in [0, 0.1) is 0 Å². The number of carbonyl (C=O) groups excluding carboxylic acids is 1. The molecular weight excluding hydrogens is 258 g/mol. The first kappa shape index (κ1) is 12.6. The van der Waals surface area contributed by atoms with Gasteiger partial charge < -0.3 is 10.2 Å². The number of amides is 1. The number of aryl methyl sites for hydroxylation is 1. The number of likely N-dealkylation sites (N-methyl/N-ethyl adjacent to an activating group) is 1. The van der Waals surface area contributed by atoms with Gasteiger partial charge in [0.1, 0.15) is 0 Å². The van der Waals surface area contributed by atoms with Crippen LogP contribution in [0.15, 0.2) is 18.5 Å². The van der Waals surface area contributed by atoms with E-state index >= 15 is 0 Å². The summed E-state index contributed by atoms with van der Waals surface area (Å²) < 4.78 is 3.54. The maximum absolute atomic E-state index is 12.3.